The zero-order valence-corrected chi connectivity index (χ0v) is 15.1. The molecule has 3 heterocycles. The van der Waals surface area contributed by atoms with Crippen LogP contribution >= 0.6 is 0 Å². The summed E-state index contributed by atoms with van der Waals surface area (Å²) < 4.78 is 40.1. The molecule has 146 valence electrons. The van der Waals surface area contributed by atoms with Crippen molar-refractivity contribution in [1.82, 2.24) is 20.1 Å². The number of nitrogens with zero attached hydrogens (tertiary/aromatic N) is 2. The van der Waals surface area contributed by atoms with Gasteiger partial charge in [-0.3, -0.25) is 9.89 Å². The fourth-order valence-corrected chi connectivity index (χ4v) is 4.22. The van der Waals surface area contributed by atoms with Crippen LogP contribution < -0.4 is 0 Å². The molecule has 0 atom stereocenters. The second kappa shape index (κ2) is 6.39. The number of nitrogens with one attached hydrogen (secondary N) is 2. The van der Waals surface area contributed by atoms with Crippen molar-refractivity contribution in [2.24, 2.45) is 0 Å². The van der Waals surface area contributed by atoms with Gasteiger partial charge in [0.1, 0.15) is 11.5 Å². The molecule has 1 aromatic carbocycles. The van der Waals surface area contributed by atoms with Crippen LogP contribution in [-0.2, 0) is 13.0 Å². The number of rotatable bonds is 3. The summed E-state index contributed by atoms with van der Waals surface area (Å²) in [5, 5.41) is 7.73. The van der Waals surface area contributed by atoms with Crippen molar-refractivity contribution in [2.45, 2.75) is 44.6 Å². The van der Waals surface area contributed by atoms with E-state index >= 15 is 0 Å². The van der Waals surface area contributed by atoms with E-state index in [9.17, 15) is 18.0 Å². The third-order valence-corrected chi connectivity index (χ3v) is 5.95. The van der Waals surface area contributed by atoms with Crippen LogP contribution in [0.3, 0.4) is 0 Å². The van der Waals surface area contributed by atoms with Crippen LogP contribution in [0.1, 0.15) is 64.6 Å². The molecule has 1 saturated carbocycles. The number of fused-ring (bicyclic) bond motifs is 2. The molecule has 2 aromatic heterocycles. The van der Waals surface area contributed by atoms with Crippen molar-refractivity contribution in [3.8, 4) is 0 Å². The lowest BCUT2D eigenvalue weighted by atomic mass is 9.81. The lowest BCUT2D eigenvalue weighted by Crippen LogP contribution is -2.36. The molecule has 0 unspecified atom stereocenters. The summed E-state index contributed by atoms with van der Waals surface area (Å²) in [5.74, 6) is -0.547. The van der Waals surface area contributed by atoms with E-state index in [4.69, 9.17) is 0 Å². The van der Waals surface area contributed by atoms with Crippen molar-refractivity contribution in [1.29, 1.82) is 0 Å². The van der Waals surface area contributed by atoms with Gasteiger partial charge in [-0.2, -0.15) is 5.10 Å². The average molecular weight is 388 g/mol. The largest absolute Gasteiger partial charge is 0.350 e. The molecule has 1 fully saturated rings. The summed E-state index contributed by atoms with van der Waals surface area (Å²) in [7, 11) is 0. The number of halogens is 3. The van der Waals surface area contributed by atoms with Crippen molar-refractivity contribution >= 4 is 16.8 Å². The SMILES string of the molecule is O=C(c1cc2c(C(F)F)cc(F)cc2[nH]1)N1CCc2n[nH]c(C3CCC3)c2C1. The molecule has 3 aromatic rings. The Balaban J connectivity index is 1.45. The molecule has 2 N–H and O–H groups in total. The fraction of sp³-hybridized carbons (Fsp3) is 0.400. The molecule has 8 heteroatoms. The Morgan fingerprint density at radius 2 is 2.07 bits per heavy atom. The second-order valence-electron chi connectivity index (χ2n) is 7.61. The number of carbonyl (C=O) groups excluding carboxylic acids is 1. The first-order chi connectivity index (χ1) is 13.5. The summed E-state index contributed by atoms with van der Waals surface area (Å²) in [6.45, 7) is 0.953. The van der Waals surface area contributed by atoms with E-state index in [1.54, 1.807) is 4.90 Å². The van der Waals surface area contributed by atoms with Gasteiger partial charge in [-0.25, -0.2) is 13.2 Å². The highest BCUT2D eigenvalue weighted by molar-refractivity contribution is 5.99. The van der Waals surface area contributed by atoms with Crippen LogP contribution in [0.25, 0.3) is 10.9 Å². The van der Waals surface area contributed by atoms with Gasteiger partial charge in [-0.05, 0) is 31.0 Å². The standard InChI is InChI=1S/C20H19F3N4O/c21-11-6-13(19(22)23)12-8-17(24-16(12)7-11)20(28)27-5-4-15-14(9-27)18(26-25-15)10-2-1-3-10/h6-8,10,19,24H,1-5,9H2,(H,25,26). The van der Waals surface area contributed by atoms with Gasteiger partial charge in [0, 0.05) is 53.2 Å². The number of aromatic nitrogens is 3. The molecule has 28 heavy (non-hydrogen) atoms. The Hall–Kier alpha value is -2.77. The zero-order valence-electron chi connectivity index (χ0n) is 15.1. The highest BCUT2D eigenvalue weighted by atomic mass is 19.3. The fourth-order valence-electron chi connectivity index (χ4n) is 4.22. The zero-order chi connectivity index (χ0) is 19.4. The van der Waals surface area contributed by atoms with Crippen molar-refractivity contribution in [2.75, 3.05) is 6.54 Å². The summed E-state index contributed by atoms with van der Waals surface area (Å²) in [6, 6.07) is 3.35. The number of amides is 1. The molecule has 0 spiro atoms. The van der Waals surface area contributed by atoms with Crippen LogP contribution in [0.2, 0.25) is 0 Å². The van der Waals surface area contributed by atoms with E-state index in [0.29, 0.717) is 25.4 Å². The van der Waals surface area contributed by atoms with E-state index in [-0.39, 0.29) is 22.5 Å². The van der Waals surface area contributed by atoms with Gasteiger partial charge < -0.3 is 9.88 Å². The van der Waals surface area contributed by atoms with Crippen LogP contribution in [-0.4, -0.2) is 32.5 Å². The number of H-pyrrole nitrogens is 2. The van der Waals surface area contributed by atoms with E-state index in [1.165, 1.54) is 12.5 Å². The number of hydrogen-bond acceptors (Lipinski definition) is 2. The summed E-state index contributed by atoms with van der Waals surface area (Å²) in [4.78, 5) is 17.5. The molecular formula is C20H19F3N4O. The van der Waals surface area contributed by atoms with Crippen molar-refractivity contribution < 1.29 is 18.0 Å². The Morgan fingerprint density at radius 1 is 1.25 bits per heavy atom. The van der Waals surface area contributed by atoms with E-state index in [2.05, 4.69) is 15.2 Å². The van der Waals surface area contributed by atoms with Crippen LogP contribution in [0.4, 0.5) is 13.2 Å². The van der Waals surface area contributed by atoms with Crippen molar-refractivity contribution in [3.63, 3.8) is 0 Å². The molecule has 0 bridgehead atoms. The first-order valence-electron chi connectivity index (χ1n) is 9.47. The number of alkyl halides is 2. The number of carbonyl (C=O) groups is 1. The van der Waals surface area contributed by atoms with Gasteiger partial charge in [-0.1, -0.05) is 6.42 Å². The summed E-state index contributed by atoms with van der Waals surface area (Å²) >= 11 is 0. The van der Waals surface area contributed by atoms with Gasteiger partial charge >= 0.3 is 0 Å². The molecule has 1 aliphatic heterocycles. The predicted octanol–water partition coefficient (Wildman–Crippen LogP) is 4.43. The van der Waals surface area contributed by atoms with E-state index in [0.717, 1.165) is 41.9 Å². The maximum Gasteiger partial charge on any atom is 0.270 e. The Kier molecular flexibility index (Phi) is 3.96. The lowest BCUT2D eigenvalue weighted by molar-refractivity contribution is 0.0728. The Morgan fingerprint density at radius 3 is 2.79 bits per heavy atom. The first-order valence-corrected chi connectivity index (χ1v) is 9.47. The minimum atomic E-state index is -2.81. The predicted molar refractivity (Wildman–Crippen MR) is 96.8 cm³/mol. The molecule has 1 amide bonds. The first kappa shape index (κ1) is 17.3. The number of aromatic amines is 2. The normalized spacial score (nSPS) is 17.2. The third-order valence-electron chi connectivity index (χ3n) is 5.95. The quantitative estimate of drug-likeness (QED) is 0.697. The van der Waals surface area contributed by atoms with Gasteiger partial charge in [0.25, 0.3) is 12.3 Å². The van der Waals surface area contributed by atoms with E-state index in [1.807, 2.05) is 0 Å². The van der Waals surface area contributed by atoms with Crippen molar-refractivity contribution in [3.05, 3.63) is 52.2 Å². The maximum atomic E-state index is 13.7. The minimum absolute atomic E-state index is 0.177. The molecule has 0 saturated heterocycles. The van der Waals surface area contributed by atoms with Crippen LogP contribution in [0.15, 0.2) is 18.2 Å². The average Bonchev–Trinajstić information content (AvgIpc) is 3.23. The maximum absolute atomic E-state index is 13.7. The van der Waals surface area contributed by atoms with Gasteiger partial charge in [0.2, 0.25) is 0 Å². The topological polar surface area (TPSA) is 64.8 Å². The molecular weight excluding hydrogens is 369 g/mol. The van der Waals surface area contributed by atoms with Gasteiger partial charge in [0.05, 0.1) is 5.69 Å². The molecule has 5 rings (SSSR count). The third kappa shape index (κ3) is 2.70. The highest BCUT2D eigenvalue weighted by Crippen LogP contribution is 2.39. The van der Waals surface area contributed by atoms with E-state index < -0.39 is 17.8 Å². The van der Waals surface area contributed by atoms with Gasteiger partial charge in [-0.15, -0.1) is 0 Å². The van der Waals surface area contributed by atoms with Gasteiger partial charge in [0.15, 0.2) is 0 Å². The molecule has 2 aliphatic rings. The molecule has 0 radical (unpaired) electrons. The Labute approximate surface area is 158 Å². The lowest BCUT2D eigenvalue weighted by Gasteiger charge is -2.30. The second-order valence-corrected chi connectivity index (χ2v) is 7.61. The number of benzene rings is 1. The van der Waals surface area contributed by atoms with Crippen LogP contribution in [0, 0.1) is 5.82 Å². The molecule has 5 nitrogen and oxygen atoms in total. The summed E-state index contributed by atoms with van der Waals surface area (Å²) in [6.07, 6.45) is 1.31. The monoisotopic (exact) mass is 388 g/mol. The smallest absolute Gasteiger partial charge is 0.270 e. The molecule has 1 aliphatic carbocycles. The Bertz CT molecular complexity index is 1070. The van der Waals surface area contributed by atoms with Crippen LogP contribution in [0.5, 0.6) is 0 Å². The minimum Gasteiger partial charge on any atom is -0.350 e. The number of hydrogen-bond donors (Lipinski definition) is 2. The summed E-state index contributed by atoms with van der Waals surface area (Å²) in [5.41, 5.74) is 3.20. The highest BCUT2D eigenvalue weighted by Gasteiger charge is 2.31.